The third-order valence-electron chi connectivity index (χ3n) is 2.00. The van der Waals surface area contributed by atoms with Crippen LogP contribution in [0.3, 0.4) is 0 Å². The van der Waals surface area contributed by atoms with Crippen molar-refractivity contribution in [2.24, 2.45) is 5.73 Å². The maximum absolute atomic E-state index is 12.7. The predicted molar refractivity (Wildman–Crippen MR) is 54.3 cm³/mol. The number of nitrogens with one attached hydrogen (secondary N) is 1. The summed E-state index contributed by atoms with van der Waals surface area (Å²) in [6, 6.07) is -1.08. The Morgan fingerprint density at radius 2 is 2.05 bits per heavy atom. The van der Waals surface area contributed by atoms with Gasteiger partial charge in [0.1, 0.15) is 5.69 Å². The zero-order chi connectivity index (χ0) is 14.6. The van der Waals surface area contributed by atoms with E-state index in [0.717, 1.165) is 0 Å². The van der Waals surface area contributed by atoms with E-state index in [9.17, 15) is 23.2 Å². The molecule has 9 nitrogen and oxygen atoms in total. The molecular formula is C8H9F2N5O4. The zero-order valence-corrected chi connectivity index (χ0v) is 9.34. The Bertz CT molecular complexity index is 515. The molecule has 4 N–H and O–H groups in total. The lowest BCUT2D eigenvalue weighted by Gasteiger charge is -2.05. The van der Waals surface area contributed by atoms with Crippen molar-refractivity contribution in [3.63, 3.8) is 0 Å². The fourth-order valence-electron chi connectivity index (χ4n) is 1.26. The Morgan fingerprint density at radius 3 is 2.53 bits per heavy atom. The summed E-state index contributed by atoms with van der Waals surface area (Å²) in [5.41, 5.74) is 2.89. The summed E-state index contributed by atoms with van der Waals surface area (Å²) in [6.07, 6.45) is -3.49. The van der Waals surface area contributed by atoms with E-state index in [0.29, 0.717) is 4.68 Å². The average Bonchev–Trinajstić information content (AvgIpc) is 2.69. The Labute approximate surface area is 104 Å². The quantitative estimate of drug-likeness (QED) is 0.662. The molecule has 0 atom stereocenters. The molecule has 1 aromatic heterocycles. The summed E-state index contributed by atoms with van der Waals surface area (Å²) in [6.45, 7) is -0.362. The standard InChI is InChI=1S/C8H9F2N5O4/c9-6(10)5-4(7(17)18)13-14-15(5)2-1-3(16)12-8(11)19/h6H,1-2H2,(H,17,18)(H3,11,12,16,19). The van der Waals surface area contributed by atoms with Gasteiger partial charge in [0, 0.05) is 6.42 Å². The number of halogens is 2. The summed E-state index contributed by atoms with van der Waals surface area (Å²) in [5.74, 6) is -2.46. The minimum Gasteiger partial charge on any atom is -0.476 e. The van der Waals surface area contributed by atoms with Crippen LogP contribution in [0.5, 0.6) is 0 Å². The Balaban J connectivity index is 2.82. The molecule has 1 rings (SSSR count). The number of aryl methyl sites for hydroxylation is 1. The second kappa shape index (κ2) is 5.84. The number of carboxylic acid groups (broad SMARTS) is 1. The topological polar surface area (TPSA) is 140 Å². The average molecular weight is 277 g/mol. The minimum atomic E-state index is -3.11. The maximum Gasteiger partial charge on any atom is 0.358 e. The number of imide groups is 1. The number of amides is 3. The Kier molecular flexibility index (Phi) is 4.45. The van der Waals surface area contributed by atoms with Gasteiger partial charge in [-0.15, -0.1) is 5.10 Å². The van der Waals surface area contributed by atoms with Crippen LogP contribution >= 0.6 is 0 Å². The van der Waals surface area contributed by atoms with Gasteiger partial charge >= 0.3 is 12.0 Å². The minimum absolute atomic E-state index is 0.362. The van der Waals surface area contributed by atoms with Gasteiger partial charge < -0.3 is 10.8 Å². The molecule has 1 heterocycles. The number of aromatic carboxylic acids is 1. The fraction of sp³-hybridized carbons (Fsp3) is 0.375. The second-order valence-electron chi connectivity index (χ2n) is 3.31. The molecule has 0 aliphatic heterocycles. The third kappa shape index (κ3) is 3.69. The second-order valence-corrected chi connectivity index (χ2v) is 3.31. The molecular weight excluding hydrogens is 268 g/mol. The summed E-state index contributed by atoms with van der Waals surface area (Å²) >= 11 is 0. The first-order valence-electron chi connectivity index (χ1n) is 4.87. The lowest BCUT2D eigenvalue weighted by Crippen LogP contribution is -2.35. The van der Waals surface area contributed by atoms with Crippen LogP contribution in [0.15, 0.2) is 0 Å². The molecule has 1 aromatic rings. The number of rotatable bonds is 5. The highest BCUT2D eigenvalue weighted by Gasteiger charge is 2.26. The first-order chi connectivity index (χ1) is 8.82. The van der Waals surface area contributed by atoms with Gasteiger partial charge in [-0.05, 0) is 0 Å². The molecule has 104 valence electrons. The lowest BCUT2D eigenvalue weighted by molar-refractivity contribution is -0.120. The van der Waals surface area contributed by atoms with Gasteiger partial charge in [-0.2, -0.15) is 0 Å². The molecule has 0 radical (unpaired) electrons. The predicted octanol–water partition coefficient (Wildman–Crippen LogP) is -0.501. The zero-order valence-electron chi connectivity index (χ0n) is 9.34. The van der Waals surface area contributed by atoms with Gasteiger partial charge in [-0.1, -0.05) is 5.21 Å². The number of aromatic nitrogens is 3. The Morgan fingerprint density at radius 1 is 1.42 bits per heavy atom. The van der Waals surface area contributed by atoms with Crippen molar-refractivity contribution in [2.45, 2.75) is 19.4 Å². The van der Waals surface area contributed by atoms with Crippen LogP contribution in [0.25, 0.3) is 0 Å². The van der Waals surface area contributed by atoms with Crippen molar-refractivity contribution >= 4 is 17.9 Å². The normalized spacial score (nSPS) is 10.5. The van der Waals surface area contributed by atoms with Crippen LogP contribution in [-0.2, 0) is 11.3 Å². The van der Waals surface area contributed by atoms with Gasteiger partial charge in [0.05, 0.1) is 6.54 Å². The summed E-state index contributed by atoms with van der Waals surface area (Å²) in [5, 5.41) is 16.7. The molecule has 0 saturated carbocycles. The highest BCUT2D eigenvalue weighted by atomic mass is 19.3. The van der Waals surface area contributed by atoms with Gasteiger partial charge in [0.2, 0.25) is 5.91 Å². The van der Waals surface area contributed by atoms with Gasteiger partial charge in [0.25, 0.3) is 6.43 Å². The van der Waals surface area contributed by atoms with Crippen molar-refractivity contribution in [1.29, 1.82) is 0 Å². The Hall–Kier alpha value is -2.59. The number of carbonyl (C=O) groups is 3. The number of carbonyl (C=O) groups excluding carboxylic acids is 2. The van der Waals surface area contributed by atoms with E-state index < -0.39 is 35.7 Å². The third-order valence-corrected chi connectivity index (χ3v) is 2.00. The van der Waals surface area contributed by atoms with E-state index in [1.165, 1.54) is 0 Å². The molecule has 19 heavy (non-hydrogen) atoms. The fourth-order valence-corrected chi connectivity index (χ4v) is 1.26. The SMILES string of the molecule is NC(=O)NC(=O)CCn1nnc(C(=O)O)c1C(F)F. The van der Waals surface area contributed by atoms with Crippen molar-refractivity contribution in [1.82, 2.24) is 20.3 Å². The molecule has 0 bridgehead atoms. The monoisotopic (exact) mass is 277 g/mol. The van der Waals surface area contributed by atoms with Crippen LogP contribution in [0.4, 0.5) is 13.6 Å². The molecule has 3 amide bonds. The maximum atomic E-state index is 12.7. The molecule has 0 aliphatic carbocycles. The number of hydrogen-bond donors (Lipinski definition) is 3. The summed E-state index contributed by atoms with van der Waals surface area (Å²) in [4.78, 5) is 32.1. The molecule has 0 spiro atoms. The van der Waals surface area contributed by atoms with Crippen LogP contribution < -0.4 is 11.1 Å². The van der Waals surface area contributed by atoms with E-state index in [1.807, 2.05) is 0 Å². The first kappa shape index (κ1) is 14.5. The van der Waals surface area contributed by atoms with Gasteiger partial charge in [-0.25, -0.2) is 23.1 Å². The van der Waals surface area contributed by atoms with E-state index in [2.05, 4.69) is 16.0 Å². The van der Waals surface area contributed by atoms with E-state index in [4.69, 9.17) is 5.11 Å². The van der Waals surface area contributed by atoms with Crippen molar-refractivity contribution < 1.29 is 28.3 Å². The van der Waals surface area contributed by atoms with Crippen LogP contribution in [0, 0.1) is 0 Å². The van der Waals surface area contributed by atoms with E-state index >= 15 is 0 Å². The van der Waals surface area contributed by atoms with Gasteiger partial charge in [0.15, 0.2) is 5.69 Å². The first-order valence-corrected chi connectivity index (χ1v) is 4.87. The van der Waals surface area contributed by atoms with Crippen molar-refractivity contribution in [3.8, 4) is 0 Å². The highest BCUT2D eigenvalue weighted by Crippen LogP contribution is 2.21. The number of urea groups is 1. The van der Waals surface area contributed by atoms with E-state index in [-0.39, 0.29) is 13.0 Å². The van der Waals surface area contributed by atoms with Crippen molar-refractivity contribution in [3.05, 3.63) is 11.4 Å². The molecule has 0 saturated heterocycles. The summed E-state index contributed by atoms with van der Waals surface area (Å²) in [7, 11) is 0. The molecule has 0 aliphatic rings. The highest BCUT2D eigenvalue weighted by molar-refractivity contribution is 5.93. The number of primary amides is 1. The van der Waals surface area contributed by atoms with Crippen LogP contribution in [0.1, 0.15) is 29.0 Å². The van der Waals surface area contributed by atoms with Crippen LogP contribution in [0.2, 0.25) is 0 Å². The van der Waals surface area contributed by atoms with Crippen LogP contribution in [-0.4, -0.2) is 38.0 Å². The number of nitrogens with zero attached hydrogens (tertiary/aromatic N) is 3. The smallest absolute Gasteiger partial charge is 0.358 e. The number of nitrogens with two attached hydrogens (primary N) is 1. The largest absolute Gasteiger partial charge is 0.476 e. The molecule has 0 aromatic carbocycles. The number of alkyl halides is 2. The van der Waals surface area contributed by atoms with Crippen molar-refractivity contribution in [2.75, 3.05) is 0 Å². The number of carboxylic acids is 1. The summed E-state index contributed by atoms with van der Waals surface area (Å²) < 4.78 is 25.9. The molecule has 0 fully saturated rings. The van der Waals surface area contributed by atoms with E-state index in [1.54, 1.807) is 5.32 Å². The molecule has 0 unspecified atom stereocenters. The van der Waals surface area contributed by atoms with Gasteiger partial charge in [-0.3, -0.25) is 10.1 Å². The number of hydrogen-bond acceptors (Lipinski definition) is 5. The molecule has 11 heteroatoms. The lowest BCUT2D eigenvalue weighted by atomic mass is 10.3.